The van der Waals surface area contributed by atoms with Crippen molar-refractivity contribution in [2.24, 2.45) is 0 Å². The Morgan fingerprint density at radius 3 is 2.50 bits per heavy atom. The van der Waals surface area contributed by atoms with Gasteiger partial charge in [0.1, 0.15) is 6.54 Å². The lowest BCUT2D eigenvalue weighted by molar-refractivity contribution is -0.191. The van der Waals surface area contributed by atoms with E-state index in [1.807, 2.05) is 0 Å². The molecule has 0 saturated carbocycles. The van der Waals surface area contributed by atoms with Gasteiger partial charge in [0.15, 0.2) is 0 Å². The minimum atomic E-state index is -5.02. The van der Waals surface area contributed by atoms with Gasteiger partial charge < -0.3 is 10.2 Å². The third kappa shape index (κ3) is 2.35. The van der Waals surface area contributed by atoms with Crippen LogP contribution in [0.2, 0.25) is 0 Å². The predicted molar refractivity (Wildman–Crippen MR) is 65.9 cm³/mol. The average Bonchev–Trinajstić information content (AvgIpc) is 2.43. The summed E-state index contributed by atoms with van der Waals surface area (Å²) < 4.78 is 38.1. The molecule has 0 saturated heterocycles. The molecule has 0 unspecified atom stereocenters. The summed E-state index contributed by atoms with van der Waals surface area (Å²) in [5.74, 6) is -2.67. The molecule has 1 aromatic carbocycles. The molecule has 1 aromatic rings. The maximum Gasteiger partial charge on any atom is 0.471 e. The van der Waals surface area contributed by atoms with Gasteiger partial charge in [0.05, 0.1) is 5.54 Å². The van der Waals surface area contributed by atoms with Crippen molar-refractivity contribution in [2.45, 2.75) is 25.6 Å². The Hall–Kier alpha value is -2.05. The molecule has 1 aliphatic rings. The van der Waals surface area contributed by atoms with Gasteiger partial charge in [-0.25, -0.2) is 0 Å². The number of hydrogen-bond acceptors (Lipinski definition) is 2. The van der Waals surface area contributed by atoms with Gasteiger partial charge in [-0.3, -0.25) is 9.59 Å². The van der Waals surface area contributed by atoms with Gasteiger partial charge in [-0.15, -0.1) is 0 Å². The Morgan fingerprint density at radius 1 is 1.30 bits per heavy atom. The van der Waals surface area contributed by atoms with Crippen LogP contribution in [0.5, 0.6) is 0 Å². The number of nitrogens with zero attached hydrogens (tertiary/aromatic N) is 1. The first-order valence-corrected chi connectivity index (χ1v) is 5.92. The summed E-state index contributed by atoms with van der Waals surface area (Å²) in [6, 6.07) is 6.50. The topological polar surface area (TPSA) is 49.4 Å². The molecule has 108 valence electrons. The van der Waals surface area contributed by atoms with Crippen LogP contribution in [0.1, 0.15) is 19.4 Å². The van der Waals surface area contributed by atoms with Crippen LogP contribution in [0.4, 0.5) is 18.9 Å². The fraction of sp³-hybridized carbons (Fsp3) is 0.385. The molecule has 2 rings (SSSR count). The molecule has 2 amide bonds. The number of nitrogens with one attached hydrogen (secondary N) is 1. The number of rotatable bonds is 0. The maximum absolute atomic E-state index is 12.7. The zero-order valence-electron chi connectivity index (χ0n) is 10.9. The van der Waals surface area contributed by atoms with E-state index in [1.54, 1.807) is 24.3 Å². The first kappa shape index (κ1) is 14.4. The maximum atomic E-state index is 12.7. The highest BCUT2D eigenvalue weighted by Crippen LogP contribution is 2.37. The lowest BCUT2D eigenvalue weighted by Crippen LogP contribution is -2.52. The highest BCUT2D eigenvalue weighted by Gasteiger charge is 2.49. The number of carbonyl (C=O) groups excluding carboxylic acids is 2. The normalized spacial score (nSPS) is 18.1. The summed E-state index contributed by atoms with van der Waals surface area (Å²) in [6.45, 7) is 2.32. The molecule has 0 fully saturated rings. The summed E-state index contributed by atoms with van der Waals surface area (Å²) in [6.07, 6.45) is -5.02. The molecule has 1 N–H and O–H groups in total. The van der Waals surface area contributed by atoms with Crippen molar-refractivity contribution in [2.75, 3.05) is 11.9 Å². The van der Waals surface area contributed by atoms with Crippen LogP contribution < -0.4 is 5.32 Å². The zero-order chi connectivity index (χ0) is 15.1. The number of benzene rings is 1. The molecule has 4 nitrogen and oxygen atoms in total. The van der Waals surface area contributed by atoms with E-state index in [1.165, 1.54) is 13.8 Å². The summed E-state index contributed by atoms with van der Waals surface area (Å²) in [7, 11) is 0. The smallest absolute Gasteiger partial charge is 0.324 e. The monoisotopic (exact) mass is 286 g/mol. The highest BCUT2D eigenvalue weighted by molar-refractivity contribution is 5.97. The van der Waals surface area contributed by atoms with E-state index in [0.717, 1.165) is 0 Å². The third-order valence-electron chi connectivity index (χ3n) is 3.32. The third-order valence-corrected chi connectivity index (χ3v) is 3.32. The second-order valence-electron chi connectivity index (χ2n) is 5.04. The van der Waals surface area contributed by atoms with Crippen molar-refractivity contribution in [1.82, 2.24) is 4.90 Å². The fourth-order valence-electron chi connectivity index (χ4n) is 2.28. The van der Waals surface area contributed by atoms with Gasteiger partial charge in [0.25, 0.3) is 0 Å². The van der Waals surface area contributed by atoms with Crippen LogP contribution in [0.15, 0.2) is 24.3 Å². The van der Waals surface area contributed by atoms with E-state index in [0.29, 0.717) is 16.2 Å². The van der Waals surface area contributed by atoms with E-state index in [9.17, 15) is 22.8 Å². The highest BCUT2D eigenvalue weighted by atomic mass is 19.4. The minimum Gasteiger partial charge on any atom is -0.324 e. The van der Waals surface area contributed by atoms with Gasteiger partial charge in [-0.05, 0) is 19.9 Å². The Kier molecular flexibility index (Phi) is 3.23. The number of alkyl halides is 3. The quantitative estimate of drug-likeness (QED) is 0.795. The van der Waals surface area contributed by atoms with Crippen LogP contribution in [-0.2, 0) is 15.1 Å². The molecule has 0 aliphatic carbocycles. The van der Waals surface area contributed by atoms with E-state index < -0.39 is 30.1 Å². The van der Waals surface area contributed by atoms with Crippen LogP contribution in [0.25, 0.3) is 0 Å². The molecule has 7 heteroatoms. The summed E-state index contributed by atoms with van der Waals surface area (Å²) >= 11 is 0. The Bertz CT molecular complexity index is 567. The van der Waals surface area contributed by atoms with Gasteiger partial charge in [-0.2, -0.15) is 13.2 Å². The van der Waals surface area contributed by atoms with Crippen molar-refractivity contribution in [3.63, 3.8) is 0 Å². The largest absolute Gasteiger partial charge is 0.471 e. The van der Waals surface area contributed by atoms with E-state index in [2.05, 4.69) is 5.32 Å². The summed E-state index contributed by atoms with van der Waals surface area (Å²) in [5.41, 5.74) is -0.369. The van der Waals surface area contributed by atoms with Gasteiger partial charge >= 0.3 is 12.1 Å². The standard InChI is InChI=1S/C13H13F3N2O2/c1-12(2)8-5-3-4-6-9(8)17-10(19)7-18(12)11(20)13(14,15)16/h3-6H,7H2,1-2H3,(H,17,19). The Morgan fingerprint density at radius 2 is 1.90 bits per heavy atom. The number of hydrogen-bond donors (Lipinski definition) is 1. The first-order valence-electron chi connectivity index (χ1n) is 5.92. The van der Waals surface area contributed by atoms with Gasteiger partial charge in [-0.1, -0.05) is 18.2 Å². The number of para-hydroxylation sites is 1. The van der Waals surface area contributed by atoms with Crippen molar-refractivity contribution in [1.29, 1.82) is 0 Å². The molecule has 0 aromatic heterocycles. The van der Waals surface area contributed by atoms with Crippen LogP contribution in [-0.4, -0.2) is 29.4 Å². The average molecular weight is 286 g/mol. The number of fused-ring (bicyclic) bond motifs is 1. The van der Waals surface area contributed by atoms with Gasteiger partial charge in [0.2, 0.25) is 5.91 Å². The molecule has 0 radical (unpaired) electrons. The number of anilines is 1. The fourth-order valence-corrected chi connectivity index (χ4v) is 2.28. The van der Waals surface area contributed by atoms with E-state index >= 15 is 0 Å². The van der Waals surface area contributed by atoms with Crippen molar-refractivity contribution in [3.8, 4) is 0 Å². The van der Waals surface area contributed by atoms with Crippen LogP contribution in [0.3, 0.4) is 0 Å². The molecule has 1 aliphatic heterocycles. The lowest BCUT2D eigenvalue weighted by atomic mass is 9.91. The van der Waals surface area contributed by atoms with E-state index in [4.69, 9.17) is 0 Å². The molecule has 0 atom stereocenters. The van der Waals surface area contributed by atoms with Crippen LogP contribution in [0, 0.1) is 0 Å². The summed E-state index contributed by atoms with van der Waals surface area (Å²) in [4.78, 5) is 23.8. The van der Waals surface area contributed by atoms with Crippen molar-refractivity contribution < 1.29 is 22.8 Å². The molecular formula is C13H13F3N2O2. The number of carbonyl (C=O) groups is 2. The second-order valence-corrected chi connectivity index (χ2v) is 5.04. The van der Waals surface area contributed by atoms with Crippen molar-refractivity contribution in [3.05, 3.63) is 29.8 Å². The summed E-state index contributed by atoms with van der Waals surface area (Å²) in [5, 5.41) is 2.51. The SMILES string of the molecule is CC1(C)c2ccccc2NC(=O)CN1C(=O)C(F)(F)F. The van der Waals surface area contributed by atoms with Gasteiger partial charge in [0, 0.05) is 11.3 Å². The first-order chi connectivity index (χ1) is 9.14. The van der Waals surface area contributed by atoms with E-state index in [-0.39, 0.29) is 0 Å². The predicted octanol–water partition coefficient (Wildman–Crippen LogP) is 2.26. The Balaban J connectivity index is 2.55. The number of amides is 2. The molecular weight excluding hydrogens is 273 g/mol. The minimum absolute atomic E-state index is 0.417. The Labute approximate surface area is 113 Å². The molecule has 0 spiro atoms. The second kappa shape index (κ2) is 4.50. The molecule has 20 heavy (non-hydrogen) atoms. The van der Waals surface area contributed by atoms with Crippen molar-refractivity contribution >= 4 is 17.5 Å². The van der Waals surface area contributed by atoms with Crippen LogP contribution >= 0.6 is 0 Å². The molecule has 0 bridgehead atoms. The number of halogens is 3. The zero-order valence-corrected chi connectivity index (χ0v) is 10.9. The lowest BCUT2D eigenvalue weighted by Gasteiger charge is -2.37. The molecule has 1 heterocycles.